The highest BCUT2D eigenvalue weighted by Crippen LogP contribution is 2.22. The van der Waals surface area contributed by atoms with Crippen molar-refractivity contribution in [3.63, 3.8) is 0 Å². The number of carbonyl (C=O) groups excluding carboxylic acids is 3. The van der Waals surface area contributed by atoms with E-state index in [0.29, 0.717) is 16.9 Å². The highest BCUT2D eigenvalue weighted by Gasteiger charge is 2.14. The van der Waals surface area contributed by atoms with Crippen molar-refractivity contribution in [2.24, 2.45) is 0 Å². The molecule has 0 aromatic heterocycles. The molecule has 10 heteroatoms. The van der Waals surface area contributed by atoms with Gasteiger partial charge in [-0.1, -0.05) is 12.1 Å². The summed E-state index contributed by atoms with van der Waals surface area (Å²) in [4.78, 5) is 45.9. The zero-order valence-corrected chi connectivity index (χ0v) is 15.8. The van der Waals surface area contributed by atoms with Gasteiger partial charge in [0.15, 0.2) is 6.61 Å². The molecule has 2 aromatic rings. The van der Waals surface area contributed by atoms with E-state index in [1.165, 1.54) is 31.4 Å². The van der Waals surface area contributed by atoms with Crippen LogP contribution in [-0.2, 0) is 14.3 Å². The molecule has 10 nitrogen and oxygen atoms in total. The Labute approximate surface area is 166 Å². The number of amides is 2. The predicted molar refractivity (Wildman–Crippen MR) is 103 cm³/mol. The van der Waals surface area contributed by atoms with Gasteiger partial charge in [0, 0.05) is 22.9 Å². The summed E-state index contributed by atoms with van der Waals surface area (Å²) < 4.78 is 9.80. The highest BCUT2D eigenvalue weighted by molar-refractivity contribution is 5.97. The minimum absolute atomic E-state index is 0.139. The Morgan fingerprint density at radius 2 is 1.90 bits per heavy atom. The first-order valence-electron chi connectivity index (χ1n) is 8.43. The summed E-state index contributed by atoms with van der Waals surface area (Å²) >= 11 is 0. The number of ether oxygens (including phenoxy) is 2. The number of benzene rings is 2. The van der Waals surface area contributed by atoms with Crippen molar-refractivity contribution >= 4 is 29.2 Å². The molecule has 29 heavy (non-hydrogen) atoms. The molecular formula is C19H19N3O7. The molecule has 2 N–H and O–H groups in total. The minimum Gasteiger partial charge on any atom is -0.497 e. The molecule has 0 heterocycles. The van der Waals surface area contributed by atoms with Crippen LogP contribution in [0.1, 0.15) is 15.9 Å². The number of nitro groups is 1. The molecule has 0 aliphatic heterocycles. The molecule has 0 atom stereocenters. The van der Waals surface area contributed by atoms with Crippen molar-refractivity contribution in [3.8, 4) is 5.75 Å². The molecule has 0 bridgehead atoms. The summed E-state index contributed by atoms with van der Waals surface area (Å²) in [6, 6.07) is 10.6. The first-order chi connectivity index (χ1) is 13.8. The van der Waals surface area contributed by atoms with Crippen LogP contribution in [0.4, 0.5) is 11.4 Å². The fourth-order valence-electron chi connectivity index (χ4n) is 2.30. The van der Waals surface area contributed by atoms with Crippen molar-refractivity contribution in [2.45, 2.75) is 6.92 Å². The molecule has 0 spiro atoms. The summed E-state index contributed by atoms with van der Waals surface area (Å²) in [6.45, 7) is 0.542. The average molecular weight is 401 g/mol. The Morgan fingerprint density at radius 3 is 2.59 bits per heavy atom. The second kappa shape index (κ2) is 9.83. The Hall–Kier alpha value is -3.95. The number of anilines is 1. The van der Waals surface area contributed by atoms with Crippen LogP contribution < -0.4 is 15.4 Å². The lowest BCUT2D eigenvalue weighted by Crippen LogP contribution is -2.32. The van der Waals surface area contributed by atoms with Gasteiger partial charge in [-0.25, -0.2) is 0 Å². The third kappa shape index (κ3) is 6.31. The number of esters is 1. The Kier molecular flexibility index (Phi) is 7.24. The predicted octanol–water partition coefficient (Wildman–Crippen LogP) is 1.82. The van der Waals surface area contributed by atoms with Crippen LogP contribution in [-0.4, -0.2) is 43.0 Å². The van der Waals surface area contributed by atoms with Gasteiger partial charge >= 0.3 is 5.97 Å². The van der Waals surface area contributed by atoms with E-state index < -0.39 is 35.9 Å². The molecule has 2 rings (SSSR count). The first kappa shape index (κ1) is 21.4. The second-order valence-corrected chi connectivity index (χ2v) is 5.88. The largest absolute Gasteiger partial charge is 0.497 e. The molecule has 0 aliphatic carbocycles. The number of aryl methyl sites for hydroxylation is 1. The second-order valence-electron chi connectivity index (χ2n) is 5.88. The molecule has 0 saturated carbocycles. The summed E-state index contributed by atoms with van der Waals surface area (Å²) in [5, 5.41) is 15.7. The minimum atomic E-state index is -0.814. The van der Waals surface area contributed by atoms with Gasteiger partial charge in [0.05, 0.1) is 12.0 Å². The van der Waals surface area contributed by atoms with Crippen LogP contribution in [0.2, 0.25) is 0 Å². The van der Waals surface area contributed by atoms with Crippen LogP contribution in [0, 0.1) is 17.0 Å². The Balaban J connectivity index is 1.80. The molecule has 0 aliphatic rings. The number of nitro benzene ring substituents is 1. The van der Waals surface area contributed by atoms with E-state index in [2.05, 4.69) is 10.6 Å². The molecule has 0 radical (unpaired) electrons. The van der Waals surface area contributed by atoms with E-state index in [1.54, 1.807) is 25.1 Å². The zero-order chi connectivity index (χ0) is 21.4. The van der Waals surface area contributed by atoms with Crippen molar-refractivity contribution in [1.82, 2.24) is 5.32 Å². The average Bonchev–Trinajstić information content (AvgIpc) is 2.71. The summed E-state index contributed by atoms with van der Waals surface area (Å²) in [5.41, 5.74) is 0.816. The smallest absolute Gasteiger partial charge is 0.325 e. The van der Waals surface area contributed by atoms with Gasteiger partial charge in [0.2, 0.25) is 0 Å². The third-order valence-corrected chi connectivity index (χ3v) is 3.78. The number of methoxy groups -OCH3 is 1. The van der Waals surface area contributed by atoms with Crippen molar-refractivity contribution in [2.75, 3.05) is 25.6 Å². The standard InChI is InChI=1S/C19H19N3O7/c1-12-6-7-14(9-16(12)22(26)27)21-17(23)11-29-18(24)10-20-19(25)13-4-3-5-15(8-13)28-2/h3-9H,10-11H2,1-2H3,(H,20,25)(H,21,23). The summed E-state index contributed by atoms with van der Waals surface area (Å²) in [7, 11) is 1.47. The van der Waals surface area contributed by atoms with E-state index in [9.17, 15) is 24.5 Å². The topological polar surface area (TPSA) is 137 Å². The van der Waals surface area contributed by atoms with Gasteiger partial charge in [0.25, 0.3) is 17.5 Å². The van der Waals surface area contributed by atoms with Crippen LogP contribution in [0.5, 0.6) is 5.75 Å². The molecule has 152 valence electrons. The fourth-order valence-corrected chi connectivity index (χ4v) is 2.30. The van der Waals surface area contributed by atoms with E-state index in [0.717, 1.165) is 0 Å². The summed E-state index contributed by atoms with van der Waals surface area (Å²) in [5.74, 6) is -1.49. The van der Waals surface area contributed by atoms with Gasteiger partial charge in [-0.15, -0.1) is 0 Å². The number of hydrogen-bond donors (Lipinski definition) is 2. The maximum absolute atomic E-state index is 12.0. The van der Waals surface area contributed by atoms with Crippen LogP contribution in [0.25, 0.3) is 0 Å². The zero-order valence-electron chi connectivity index (χ0n) is 15.8. The molecule has 0 unspecified atom stereocenters. The van der Waals surface area contributed by atoms with Crippen molar-refractivity contribution in [3.05, 3.63) is 63.7 Å². The van der Waals surface area contributed by atoms with Gasteiger partial charge in [-0.05, 0) is 31.2 Å². The lowest BCUT2D eigenvalue weighted by Gasteiger charge is -2.08. The SMILES string of the molecule is COc1cccc(C(=O)NCC(=O)OCC(=O)Nc2ccc(C)c([N+](=O)[O-])c2)c1. The molecule has 0 fully saturated rings. The Morgan fingerprint density at radius 1 is 1.14 bits per heavy atom. The maximum Gasteiger partial charge on any atom is 0.325 e. The molecule has 2 amide bonds. The van der Waals surface area contributed by atoms with Gasteiger partial charge in [-0.2, -0.15) is 0 Å². The van der Waals surface area contributed by atoms with E-state index >= 15 is 0 Å². The number of hydrogen-bond acceptors (Lipinski definition) is 7. The lowest BCUT2D eigenvalue weighted by molar-refractivity contribution is -0.385. The molecule has 0 saturated heterocycles. The number of nitrogens with one attached hydrogen (secondary N) is 2. The number of carbonyl (C=O) groups is 3. The van der Waals surface area contributed by atoms with Gasteiger partial charge in [-0.3, -0.25) is 24.5 Å². The number of nitrogens with zero attached hydrogens (tertiary/aromatic N) is 1. The van der Waals surface area contributed by atoms with Crippen LogP contribution >= 0.6 is 0 Å². The van der Waals surface area contributed by atoms with Gasteiger partial charge < -0.3 is 20.1 Å². The third-order valence-electron chi connectivity index (χ3n) is 3.78. The highest BCUT2D eigenvalue weighted by atomic mass is 16.6. The van der Waals surface area contributed by atoms with E-state index in [-0.39, 0.29) is 11.4 Å². The van der Waals surface area contributed by atoms with Gasteiger partial charge in [0.1, 0.15) is 12.3 Å². The molecular weight excluding hydrogens is 382 g/mol. The number of rotatable bonds is 8. The lowest BCUT2D eigenvalue weighted by atomic mass is 10.2. The van der Waals surface area contributed by atoms with E-state index in [4.69, 9.17) is 9.47 Å². The van der Waals surface area contributed by atoms with Crippen LogP contribution in [0.15, 0.2) is 42.5 Å². The maximum atomic E-state index is 12.0. The van der Waals surface area contributed by atoms with E-state index in [1.807, 2.05) is 0 Å². The Bertz CT molecular complexity index is 943. The fraction of sp³-hybridized carbons (Fsp3) is 0.211. The van der Waals surface area contributed by atoms with Crippen LogP contribution in [0.3, 0.4) is 0 Å². The molecule has 2 aromatic carbocycles. The first-order valence-corrected chi connectivity index (χ1v) is 8.43. The normalized spacial score (nSPS) is 10.0. The summed E-state index contributed by atoms with van der Waals surface area (Å²) in [6.07, 6.45) is 0. The van der Waals surface area contributed by atoms with Crippen molar-refractivity contribution in [1.29, 1.82) is 0 Å². The monoisotopic (exact) mass is 401 g/mol. The quantitative estimate of drug-likeness (QED) is 0.391. The van der Waals surface area contributed by atoms with Crippen molar-refractivity contribution < 1.29 is 28.8 Å².